The van der Waals surface area contributed by atoms with Gasteiger partial charge in [0.25, 0.3) is 0 Å². The van der Waals surface area contributed by atoms with Crippen LogP contribution in [0.4, 0.5) is 0 Å². The molecule has 8 aromatic carbocycles. The van der Waals surface area contributed by atoms with Crippen molar-refractivity contribution in [3.05, 3.63) is 182 Å². The normalized spacial score (nSPS) is 11.9. The molecule has 12 aromatic rings. The van der Waals surface area contributed by atoms with Crippen molar-refractivity contribution in [1.82, 2.24) is 19.5 Å². The lowest BCUT2D eigenvalue weighted by Crippen LogP contribution is -2.01. The highest BCUT2D eigenvalue weighted by Gasteiger charge is 2.19. The maximum Gasteiger partial charge on any atom is 0.164 e. The topological polar surface area (TPSA) is 69.9 Å². The van der Waals surface area contributed by atoms with E-state index in [-0.39, 0.29) is 0 Å². The molecule has 4 aromatic heterocycles. The van der Waals surface area contributed by atoms with Crippen molar-refractivity contribution in [2.24, 2.45) is 0 Å². The van der Waals surface area contributed by atoms with Gasteiger partial charge in [-0.2, -0.15) is 0 Å². The average Bonchev–Trinajstić information content (AvgIpc) is 3.95. The van der Waals surface area contributed by atoms with Gasteiger partial charge in [0.05, 0.1) is 11.0 Å². The first-order chi connectivity index (χ1) is 28.2. The first-order valence-corrected chi connectivity index (χ1v) is 19.0. The minimum atomic E-state index is 0.589. The second kappa shape index (κ2) is 12.3. The summed E-state index contributed by atoms with van der Waals surface area (Å²) in [5.41, 5.74) is 11.6. The Morgan fingerprint density at radius 2 is 0.930 bits per heavy atom. The van der Waals surface area contributed by atoms with Crippen LogP contribution in [0.3, 0.4) is 0 Å². The van der Waals surface area contributed by atoms with Crippen molar-refractivity contribution in [3.8, 4) is 51.0 Å². The molecule has 0 aliphatic carbocycles. The van der Waals surface area contributed by atoms with Crippen molar-refractivity contribution in [2.75, 3.05) is 0 Å². The maximum atomic E-state index is 6.26. The van der Waals surface area contributed by atoms with Crippen LogP contribution in [-0.4, -0.2) is 19.5 Å². The van der Waals surface area contributed by atoms with Crippen LogP contribution in [0.1, 0.15) is 0 Å². The Morgan fingerprint density at radius 3 is 1.81 bits per heavy atom. The average molecular weight is 731 g/mol. The summed E-state index contributed by atoms with van der Waals surface area (Å²) < 4.78 is 14.8. The monoisotopic (exact) mass is 730 g/mol. The molecule has 4 heterocycles. The van der Waals surface area contributed by atoms with Crippen LogP contribution in [0.5, 0.6) is 0 Å². The van der Waals surface area contributed by atoms with Gasteiger partial charge in [-0.3, -0.25) is 0 Å². The molecular weight excluding hydrogens is 701 g/mol. The standard InChI is InChI=1S/C51H30N4O2/c1-2-12-31(13-3-1)49-52-50(54-51(53-49)40-19-11-23-46-48(40)39-18-6-9-22-45(39)56-46)34-14-10-15-35(28-34)55-42-20-7-4-16-36(42)41-29-32(25-27-43(41)55)33-24-26-38-37-17-5-8-21-44(37)57-47(38)30-33/h1-30H. The van der Waals surface area contributed by atoms with E-state index in [1.807, 2.05) is 72.8 Å². The zero-order chi connectivity index (χ0) is 37.5. The van der Waals surface area contributed by atoms with Crippen LogP contribution in [0, 0.1) is 0 Å². The minimum Gasteiger partial charge on any atom is -0.456 e. The summed E-state index contributed by atoms with van der Waals surface area (Å²) in [4.78, 5) is 15.4. The molecule has 6 nitrogen and oxygen atoms in total. The van der Waals surface area contributed by atoms with E-state index in [9.17, 15) is 0 Å². The number of aromatic nitrogens is 4. The number of benzene rings is 8. The first-order valence-electron chi connectivity index (χ1n) is 19.0. The van der Waals surface area contributed by atoms with E-state index < -0.39 is 0 Å². The minimum absolute atomic E-state index is 0.589. The molecule has 0 spiro atoms. The van der Waals surface area contributed by atoms with E-state index in [0.717, 1.165) is 88.4 Å². The van der Waals surface area contributed by atoms with Gasteiger partial charge in [-0.15, -0.1) is 0 Å². The molecule has 0 saturated heterocycles. The second-order valence-corrected chi connectivity index (χ2v) is 14.4. The fourth-order valence-corrected chi connectivity index (χ4v) is 8.42. The van der Waals surface area contributed by atoms with E-state index in [0.29, 0.717) is 17.5 Å². The number of furan rings is 2. The third-order valence-electron chi connectivity index (χ3n) is 11.1. The van der Waals surface area contributed by atoms with Gasteiger partial charge in [-0.1, -0.05) is 121 Å². The van der Waals surface area contributed by atoms with Crippen molar-refractivity contribution < 1.29 is 8.83 Å². The summed E-state index contributed by atoms with van der Waals surface area (Å²) in [6.45, 7) is 0. The van der Waals surface area contributed by atoms with Gasteiger partial charge in [0.1, 0.15) is 22.3 Å². The predicted octanol–water partition coefficient (Wildman–Crippen LogP) is 13.4. The van der Waals surface area contributed by atoms with Gasteiger partial charge >= 0.3 is 0 Å². The van der Waals surface area contributed by atoms with Crippen LogP contribution >= 0.6 is 0 Å². The highest BCUT2D eigenvalue weighted by atomic mass is 16.3. The van der Waals surface area contributed by atoms with Crippen LogP contribution in [-0.2, 0) is 0 Å². The number of hydrogen-bond acceptors (Lipinski definition) is 5. The maximum absolute atomic E-state index is 6.26. The third-order valence-corrected chi connectivity index (χ3v) is 11.1. The number of para-hydroxylation sites is 3. The van der Waals surface area contributed by atoms with E-state index in [1.54, 1.807) is 0 Å². The van der Waals surface area contributed by atoms with Gasteiger partial charge in [0, 0.05) is 54.7 Å². The van der Waals surface area contributed by atoms with Crippen molar-refractivity contribution in [3.63, 3.8) is 0 Å². The Morgan fingerprint density at radius 1 is 0.333 bits per heavy atom. The fourth-order valence-electron chi connectivity index (χ4n) is 8.42. The van der Waals surface area contributed by atoms with Crippen molar-refractivity contribution in [1.29, 1.82) is 0 Å². The van der Waals surface area contributed by atoms with Crippen LogP contribution in [0.25, 0.3) is 117 Å². The number of nitrogens with zero attached hydrogens (tertiary/aromatic N) is 4. The van der Waals surface area contributed by atoms with Gasteiger partial charge in [0.2, 0.25) is 0 Å². The summed E-state index contributed by atoms with van der Waals surface area (Å²) in [5, 5.41) is 6.62. The molecule has 0 unspecified atom stereocenters. The largest absolute Gasteiger partial charge is 0.456 e. The smallest absolute Gasteiger partial charge is 0.164 e. The number of rotatable bonds is 5. The van der Waals surface area contributed by atoms with Gasteiger partial charge in [-0.05, 0) is 71.8 Å². The molecule has 0 saturated carbocycles. The molecule has 266 valence electrons. The van der Waals surface area contributed by atoms with Crippen molar-refractivity contribution in [2.45, 2.75) is 0 Å². The van der Waals surface area contributed by atoms with E-state index >= 15 is 0 Å². The molecule has 0 radical (unpaired) electrons. The number of hydrogen-bond donors (Lipinski definition) is 0. The molecule has 0 N–H and O–H groups in total. The zero-order valence-corrected chi connectivity index (χ0v) is 30.4. The quantitative estimate of drug-likeness (QED) is 0.176. The van der Waals surface area contributed by atoms with Crippen molar-refractivity contribution >= 4 is 65.7 Å². The third kappa shape index (κ3) is 5.01. The summed E-state index contributed by atoms with van der Waals surface area (Å²) >= 11 is 0. The van der Waals surface area contributed by atoms with Crippen LogP contribution < -0.4 is 0 Å². The van der Waals surface area contributed by atoms with Gasteiger partial charge < -0.3 is 13.4 Å². The predicted molar refractivity (Wildman–Crippen MR) is 230 cm³/mol. The summed E-state index contributed by atoms with van der Waals surface area (Å²) in [7, 11) is 0. The molecule has 57 heavy (non-hydrogen) atoms. The molecule has 0 bridgehead atoms. The SMILES string of the molecule is c1ccc(-c2nc(-c3cccc(-n4c5ccccc5c5cc(-c6ccc7c(c6)oc6ccccc67)ccc54)c3)nc(-c3cccc4oc5ccccc5c34)n2)cc1. The molecule has 0 fully saturated rings. The summed E-state index contributed by atoms with van der Waals surface area (Å²) in [5.74, 6) is 1.79. The highest BCUT2D eigenvalue weighted by molar-refractivity contribution is 6.13. The van der Waals surface area contributed by atoms with E-state index in [4.69, 9.17) is 23.8 Å². The van der Waals surface area contributed by atoms with E-state index in [1.165, 1.54) is 10.8 Å². The molecule has 0 aliphatic heterocycles. The molecule has 0 atom stereocenters. The Labute approximate surface area is 325 Å². The first kappa shape index (κ1) is 31.5. The molecule has 12 rings (SSSR count). The molecule has 6 heteroatoms. The lowest BCUT2D eigenvalue weighted by atomic mass is 10.0. The van der Waals surface area contributed by atoms with Crippen LogP contribution in [0.15, 0.2) is 191 Å². The second-order valence-electron chi connectivity index (χ2n) is 14.4. The zero-order valence-electron chi connectivity index (χ0n) is 30.4. The van der Waals surface area contributed by atoms with Gasteiger partial charge in [0.15, 0.2) is 17.5 Å². The summed E-state index contributed by atoms with van der Waals surface area (Å²) in [6.07, 6.45) is 0. The Hall–Kier alpha value is -7.83. The molecular formula is C51H30N4O2. The Balaban J connectivity index is 1.01. The Bertz CT molecular complexity index is 3540. The van der Waals surface area contributed by atoms with Crippen LogP contribution in [0.2, 0.25) is 0 Å². The lowest BCUT2D eigenvalue weighted by Gasteiger charge is -2.12. The van der Waals surface area contributed by atoms with E-state index in [2.05, 4.69) is 114 Å². The fraction of sp³-hybridized carbons (Fsp3) is 0. The highest BCUT2D eigenvalue weighted by Crippen LogP contribution is 2.39. The molecule has 0 amide bonds. The lowest BCUT2D eigenvalue weighted by molar-refractivity contribution is 0.668. The van der Waals surface area contributed by atoms with Gasteiger partial charge in [-0.25, -0.2) is 15.0 Å². The number of fused-ring (bicyclic) bond motifs is 9. The summed E-state index contributed by atoms with van der Waals surface area (Å²) in [6, 6.07) is 62.8. The molecule has 0 aliphatic rings. The Kier molecular flexibility index (Phi) is 6.83.